The average Bonchev–Trinajstić information content (AvgIpc) is 2.33. The second-order valence-electron chi connectivity index (χ2n) is 4.34. The molecule has 2 rings (SSSR count). The molecule has 1 aliphatic carbocycles. The molecular formula is C12H19N3O. The molecule has 3 N–H and O–H groups in total. The van der Waals surface area contributed by atoms with E-state index in [1.807, 2.05) is 12.1 Å². The van der Waals surface area contributed by atoms with Crippen LogP contribution >= 0.6 is 0 Å². The molecule has 4 heteroatoms. The minimum Gasteiger partial charge on any atom is -0.495 e. The zero-order chi connectivity index (χ0) is 11.4. The number of methoxy groups -OCH3 is 1. The molecule has 0 radical (unpaired) electrons. The maximum Gasteiger partial charge on any atom is 0.137 e. The Balaban J connectivity index is 1.88. The summed E-state index contributed by atoms with van der Waals surface area (Å²) in [7, 11) is 1.65. The molecule has 1 saturated carbocycles. The Morgan fingerprint density at radius 1 is 1.31 bits per heavy atom. The van der Waals surface area contributed by atoms with E-state index in [9.17, 15) is 0 Å². The van der Waals surface area contributed by atoms with Gasteiger partial charge in [-0.25, -0.2) is 4.98 Å². The number of rotatable bonds is 3. The third-order valence-corrected chi connectivity index (χ3v) is 3.10. The number of pyridine rings is 1. The van der Waals surface area contributed by atoms with Gasteiger partial charge in [0.15, 0.2) is 0 Å². The second kappa shape index (κ2) is 5.16. The maximum absolute atomic E-state index is 5.87. The Labute approximate surface area is 96.2 Å². The number of nitrogens with two attached hydrogens (primary N) is 1. The number of nitrogens with zero attached hydrogens (tertiary/aromatic N) is 1. The van der Waals surface area contributed by atoms with Gasteiger partial charge in [-0.15, -0.1) is 0 Å². The van der Waals surface area contributed by atoms with Crippen molar-refractivity contribution in [2.45, 2.75) is 37.8 Å². The Kier molecular flexibility index (Phi) is 3.62. The summed E-state index contributed by atoms with van der Waals surface area (Å²) >= 11 is 0. The molecule has 0 spiro atoms. The zero-order valence-corrected chi connectivity index (χ0v) is 9.65. The fourth-order valence-electron chi connectivity index (χ4n) is 2.06. The lowest BCUT2D eigenvalue weighted by molar-refractivity contribution is 0.408. The van der Waals surface area contributed by atoms with E-state index in [-0.39, 0.29) is 0 Å². The molecule has 0 aromatic carbocycles. The summed E-state index contributed by atoms with van der Waals surface area (Å²) in [5, 5.41) is 3.43. The molecule has 0 unspecified atom stereocenters. The van der Waals surface area contributed by atoms with Gasteiger partial charge in [-0.2, -0.15) is 0 Å². The minimum atomic E-state index is 0.391. The van der Waals surface area contributed by atoms with Crippen LogP contribution in [0.15, 0.2) is 18.3 Å². The standard InChI is InChI=1S/C12H19N3O/c1-16-11-6-7-12(14-8-11)15-10-4-2-9(13)3-5-10/h6-10H,2-5,13H2,1H3,(H,14,15). The number of hydrogen-bond donors (Lipinski definition) is 2. The molecular weight excluding hydrogens is 202 g/mol. The summed E-state index contributed by atoms with van der Waals surface area (Å²) in [5.74, 6) is 1.71. The Bertz CT molecular complexity index is 318. The highest BCUT2D eigenvalue weighted by atomic mass is 16.5. The Hall–Kier alpha value is -1.29. The molecule has 0 aliphatic heterocycles. The van der Waals surface area contributed by atoms with Gasteiger partial charge in [0, 0.05) is 12.1 Å². The molecule has 0 atom stereocenters. The summed E-state index contributed by atoms with van der Waals surface area (Å²) in [4.78, 5) is 4.30. The molecule has 1 aromatic rings. The molecule has 4 nitrogen and oxygen atoms in total. The van der Waals surface area contributed by atoms with Crippen LogP contribution in [0.4, 0.5) is 5.82 Å². The van der Waals surface area contributed by atoms with Gasteiger partial charge in [0.05, 0.1) is 13.3 Å². The van der Waals surface area contributed by atoms with Crippen molar-refractivity contribution in [2.75, 3.05) is 12.4 Å². The van der Waals surface area contributed by atoms with Gasteiger partial charge in [-0.3, -0.25) is 0 Å². The molecule has 1 aromatic heterocycles. The lowest BCUT2D eigenvalue weighted by Crippen LogP contribution is -2.32. The fraction of sp³-hybridized carbons (Fsp3) is 0.583. The number of ether oxygens (including phenoxy) is 1. The summed E-state index contributed by atoms with van der Waals surface area (Å²) in [6, 6.07) is 4.78. The van der Waals surface area contributed by atoms with Gasteiger partial charge in [-0.1, -0.05) is 0 Å². The molecule has 0 amide bonds. The summed E-state index contributed by atoms with van der Waals surface area (Å²) < 4.78 is 5.07. The summed E-state index contributed by atoms with van der Waals surface area (Å²) in [6.07, 6.45) is 6.21. The van der Waals surface area contributed by atoms with E-state index >= 15 is 0 Å². The number of anilines is 1. The predicted molar refractivity (Wildman–Crippen MR) is 64.6 cm³/mol. The molecule has 0 bridgehead atoms. The van der Waals surface area contributed by atoms with E-state index < -0.39 is 0 Å². The molecule has 16 heavy (non-hydrogen) atoms. The monoisotopic (exact) mass is 221 g/mol. The third kappa shape index (κ3) is 2.85. The van der Waals surface area contributed by atoms with Gasteiger partial charge in [0.1, 0.15) is 11.6 Å². The van der Waals surface area contributed by atoms with Crippen molar-refractivity contribution < 1.29 is 4.74 Å². The van der Waals surface area contributed by atoms with Gasteiger partial charge in [-0.05, 0) is 37.8 Å². The highest BCUT2D eigenvalue weighted by molar-refractivity contribution is 5.38. The van der Waals surface area contributed by atoms with Crippen molar-refractivity contribution in [2.24, 2.45) is 5.73 Å². The predicted octanol–water partition coefficient (Wildman–Crippen LogP) is 1.77. The van der Waals surface area contributed by atoms with E-state index in [0.717, 1.165) is 37.3 Å². The highest BCUT2D eigenvalue weighted by Crippen LogP contribution is 2.21. The SMILES string of the molecule is COc1ccc(NC2CCC(N)CC2)nc1. The van der Waals surface area contributed by atoms with Crippen LogP contribution in [0.5, 0.6) is 5.75 Å². The van der Waals surface area contributed by atoms with Crippen LogP contribution in [-0.2, 0) is 0 Å². The van der Waals surface area contributed by atoms with Gasteiger partial charge in [0.2, 0.25) is 0 Å². The van der Waals surface area contributed by atoms with Crippen LogP contribution in [0.2, 0.25) is 0 Å². The van der Waals surface area contributed by atoms with E-state index in [4.69, 9.17) is 10.5 Å². The second-order valence-corrected chi connectivity index (χ2v) is 4.34. The zero-order valence-electron chi connectivity index (χ0n) is 9.65. The molecule has 0 saturated heterocycles. The van der Waals surface area contributed by atoms with Crippen molar-refractivity contribution in [1.29, 1.82) is 0 Å². The van der Waals surface area contributed by atoms with E-state index in [0.29, 0.717) is 12.1 Å². The first-order valence-corrected chi connectivity index (χ1v) is 5.80. The maximum atomic E-state index is 5.87. The van der Waals surface area contributed by atoms with Crippen molar-refractivity contribution in [3.63, 3.8) is 0 Å². The Morgan fingerprint density at radius 2 is 2.06 bits per heavy atom. The van der Waals surface area contributed by atoms with Crippen LogP contribution in [0, 0.1) is 0 Å². The van der Waals surface area contributed by atoms with Crippen LogP contribution in [-0.4, -0.2) is 24.2 Å². The van der Waals surface area contributed by atoms with Gasteiger partial charge >= 0.3 is 0 Å². The van der Waals surface area contributed by atoms with Gasteiger partial charge in [0.25, 0.3) is 0 Å². The highest BCUT2D eigenvalue weighted by Gasteiger charge is 2.18. The van der Waals surface area contributed by atoms with E-state index in [2.05, 4.69) is 10.3 Å². The number of hydrogen-bond acceptors (Lipinski definition) is 4. The first-order chi connectivity index (χ1) is 7.78. The minimum absolute atomic E-state index is 0.391. The summed E-state index contributed by atoms with van der Waals surface area (Å²) in [6.45, 7) is 0. The first kappa shape index (κ1) is 11.2. The molecule has 1 fully saturated rings. The van der Waals surface area contributed by atoms with Crippen LogP contribution < -0.4 is 15.8 Å². The van der Waals surface area contributed by atoms with Gasteiger partial charge < -0.3 is 15.8 Å². The molecule has 1 aliphatic rings. The topological polar surface area (TPSA) is 60.2 Å². The lowest BCUT2D eigenvalue weighted by atomic mass is 9.92. The lowest BCUT2D eigenvalue weighted by Gasteiger charge is -2.27. The number of aromatic nitrogens is 1. The normalized spacial score (nSPS) is 25.1. The van der Waals surface area contributed by atoms with Crippen molar-refractivity contribution in [3.05, 3.63) is 18.3 Å². The van der Waals surface area contributed by atoms with E-state index in [1.54, 1.807) is 13.3 Å². The van der Waals surface area contributed by atoms with Crippen LogP contribution in [0.1, 0.15) is 25.7 Å². The fourth-order valence-corrected chi connectivity index (χ4v) is 2.06. The smallest absolute Gasteiger partial charge is 0.137 e. The Morgan fingerprint density at radius 3 is 2.62 bits per heavy atom. The van der Waals surface area contributed by atoms with E-state index in [1.165, 1.54) is 0 Å². The van der Waals surface area contributed by atoms with Crippen LogP contribution in [0.25, 0.3) is 0 Å². The van der Waals surface area contributed by atoms with Crippen molar-refractivity contribution in [1.82, 2.24) is 4.98 Å². The van der Waals surface area contributed by atoms with Crippen molar-refractivity contribution in [3.8, 4) is 5.75 Å². The number of nitrogens with one attached hydrogen (secondary N) is 1. The first-order valence-electron chi connectivity index (χ1n) is 5.80. The quantitative estimate of drug-likeness (QED) is 0.816. The van der Waals surface area contributed by atoms with Crippen molar-refractivity contribution >= 4 is 5.82 Å². The average molecular weight is 221 g/mol. The molecule has 1 heterocycles. The molecule has 88 valence electrons. The van der Waals surface area contributed by atoms with Crippen LogP contribution in [0.3, 0.4) is 0 Å². The third-order valence-electron chi connectivity index (χ3n) is 3.10. The largest absolute Gasteiger partial charge is 0.495 e. The summed E-state index contributed by atoms with van der Waals surface area (Å²) in [5.41, 5.74) is 5.87.